The quantitative estimate of drug-likeness (QED) is 0.595. The molecule has 2 nitrogen and oxygen atoms in total. The van der Waals surface area contributed by atoms with Gasteiger partial charge < -0.3 is 5.73 Å². The predicted molar refractivity (Wildman–Crippen MR) is 37.3 cm³/mol. The standard InChI is InChI=1S/C4H5NOS2/c5-4(6)3-1-7-2-8-3/h1H,2H2,(H2,5,6). The molecule has 0 radical (unpaired) electrons. The number of carbonyl (C=O) groups excluding carboxylic acids is 1. The second-order valence-electron chi connectivity index (χ2n) is 1.28. The SMILES string of the molecule is NC(=O)C1=CSCS1. The van der Waals surface area contributed by atoms with E-state index >= 15 is 0 Å². The van der Waals surface area contributed by atoms with Crippen molar-refractivity contribution in [2.75, 3.05) is 5.08 Å². The van der Waals surface area contributed by atoms with E-state index in [1.807, 2.05) is 0 Å². The summed E-state index contributed by atoms with van der Waals surface area (Å²) in [5.41, 5.74) is 4.96. The molecule has 0 aliphatic carbocycles. The minimum Gasteiger partial charge on any atom is -0.365 e. The Kier molecular flexibility index (Phi) is 1.85. The van der Waals surface area contributed by atoms with Crippen LogP contribution in [0.2, 0.25) is 0 Å². The zero-order chi connectivity index (χ0) is 5.98. The number of hydrogen-bond donors (Lipinski definition) is 1. The van der Waals surface area contributed by atoms with Crippen LogP contribution in [-0.2, 0) is 4.79 Å². The van der Waals surface area contributed by atoms with E-state index in [4.69, 9.17) is 5.73 Å². The maximum absolute atomic E-state index is 10.3. The molecule has 44 valence electrons. The number of carbonyl (C=O) groups is 1. The highest BCUT2D eigenvalue weighted by Crippen LogP contribution is 2.30. The highest BCUT2D eigenvalue weighted by molar-refractivity contribution is 8.22. The summed E-state index contributed by atoms with van der Waals surface area (Å²) in [5, 5.41) is 2.73. The summed E-state index contributed by atoms with van der Waals surface area (Å²) in [7, 11) is 0. The molecule has 0 spiro atoms. The van der Waals surface area contributed by atoms with Crippen LogP contribution in [0.1, 0.15) is 0 Å². The van der Waals surface area contributed by atoms with Gasteiger partial charge in [-0.05, 0) is 5.41 Å². The molecular weight excluding hydrogens is 142 g/mol. The Hall–Kier alpha value is -0.0900. The Balaban J connectivity index is 2.57. The number of hydrogen-bond acceptors (Lipinski definition) is 3. The van der Waals surface area contributed by atoms with Crippen molar-refractivity contribution < 1.29 is 4.79 Å². The second kappa shape index (κ2) is 2.46. The second-order valence-corrected chi connectivity index (χ2v) is 3.52. The van der Waals surface area contributed by atoms with Crippen LogP contribution in [0.4, 0.5) is 0 Å². The summed E-state index contributed by atoms with van der Waals surface area (Å²) in [6.45, 7) is 0. The van der Waals surface area contributed by atoms with E-state index < -0.39 is 0 Å². The first-order chi connectivity index (χ1) is 3.80. The molecule has 1 aliphatic heterocycles. The molecule has 2 N–H and O–H groups in total. The summed E-state index contributed by atoms with van der Waals surface area (Å²) in [4.78, 5) is 11.0. The Morgan fingerprint density at radius 3 is 2.88 bits per heavy atom. The minimum atomic E-state index is -0.306. The number of thioether (sulfide) groups is 2. The lowest BCUT2D eigenvalue weighted by Crippen LogP contribution is -2.10. The van der Waals surface area contributed by atoms with E-state index in [0.717, 1.165) is 5.08 Å². The zero-order valence-corrected chi connectivity index (χ0v) is 5.72. The molecule has 0 aromatic carbocycles. The molecule has 8 heavy (non-hydrogen) atoms. The van der Waals surface area contributed by atoms with Crippen LogP contribution >= 0.6 is 23.5 Å². The topological polar surface area (TPSA) is 43.1 Å². The highest BCUT2D eigenvalue weighted by atomic mass is 32.2. The Morgan fingerprint density at radius 1 is 1.88 bits per heavy atom. The number of primary amides is 1. The van der Waals surface area contributed by atoms with Gasteiger partial charge in [0, 0.05) is 5.08 Å². The molecule has 0 fully saturated rings. The van der Waals surface area contributed by atoms with E-state index in [-0.39, 0.29) is 5.91 Å². The van der Waals surface area contributed by atoms with Crippen LogP contribution in [0.5, 0.6) is 0 Å². The molecule has 0 aromatic rings. The Labute approximate surface area is 55.9 Å². The molecule has 1 rings (SSSR count). The van der Waals surface area contributed by atoms with Crippen LogP contribution in [0.15, 0.2) is 10.3 Å². The molecule has 0 saturated carbocycles. The van der Waals surface area contributed by atoms with Gasteiger partial charge in [0.2, 0.25) is 0 Å². The van der Waals surface area contributed by atoms with Gasteiger partial charge in [-0.15, -0.1) is 23.5 Å². The van der Waals surface area contributed by atoms with Gasteiger partial charge in [-0.3, -0.25) is 4.79 Å². The monoisotopic (exact) mass is 147 g/mol. The fraction of sp³-hybridized carbons (Fsp3) is 0.250. The fourth-order valence-electron chi connectivity index (χ4n) is 0.370. The van der Waals surface area contributed by atoms with Crippen LogP contribution in [0, 0.1) is 0 Å². The third-order valence-electron chi connectivity index (χ3n) is 0.716. The van der Waals surface area contributed by atoms with Crippen molar-refractivity contribution in [3.05, 3.63) is 10.3 Å². The molecule has 1 aliphatic rings. The van der Waals surface area contributed by atoms with Crippen LogP contribution in [0.3, 0.4) is 0 Å². The third-order valence-corrected chi connectivity index (χ3v) is 2.91. The van der Waals surface area contributed by atoms with E-state index in [0.29, 0.717) is 4.91 Å². The fourth-order valence-corrected chi connectivity index (χ4v) is 2.31. The smallest absolute Gasteiger partial charge is 0.255 e. The third kappa shape index (κ3) is 1.20. The van der Waals surface area contributed by atoms with Crippen molar-refractivity contribution in [3.8, 4) is 0 Å². The first kappa shape index (κ1) is 6.04. The summed E-state index contributed by atoms with van der Waals surface area (Å²) < 4.78 is 0. The Morgan fingerprint density at radius 2 is 2.62 bits per heavy atom. The van der Waals surface area contributed by atoms with E-state index in [9.17, 15) is 4.79 Å². The largest absolute Gasteiger partial charge is 0.365 e. The molecule has 0 saturated heterocycles. The summed E-state index contributed by atoms with van der Waals surface area (Å²) >= 11 is 3.11. The molecule has 0 aromatic heterocycles. The lowest BCUT2D eigenvalue weighted by Gasteiger charge is -1.87. The summed E-state index contributed by atoms with van der Waals surface area (Å²) in [6, 6.07) is 0. The lowest BCUT2D eigenvalue weighted by atomic mass is 10.6. The first-order valence-corrected chi connectivity index (χ1v) is 4.08. The van der Waals surface area contributed by atoms with Gasteiger partial charge in [0.1, 0.15) is 0 Å². The number of amides is 1. The molecule has 0 atom stereocenters. The predicted octanol–water partition coefficient (Wildman–Crippen LogP) is 0.751. The average Bonchev–Trinajstić information content (AvgIpc) is 2.12. The number of nitrogens with two attached hydrogens (primary N) is 1. The maximum Gasteiger partial charge on any atom is 0.255 e. The van der Waals surface area contributed by atoms with E-state index in [1.165, 1.54) is 11.8 Å². The average molecular weight is 147 g/mol. The van der Waals surface area contributed by atoms with Crippen molar-refractivity contribution in [1.29, 1.82) is 0 Å². The molecule has 4 heteroatoms. The van der Waals surface area contributed by atoms with Crippen LogP contribution in [-0.4, -0.2) is 11.0 Å². The highest BCUT2D eigenvalue weighted by Gasteiger charge is 2.09. The van der Waals surface area contributed by atoms with Crippen molar-refractivity contribution in [2.45, 2.75) is 0 Å². The first-order valence-electron chi connectivity index (χ1n) is 2.05. The molecule has 0 bridgehead atoms. The van der Waals surface area contributed by atoms with Crippen LogP contribution in [0.25, 0.3) is 0 Å². The normalized spacial score (nSPS) is 18.2. The molecule has 0 unspecified atom stereocenters. The lowest BCUT2D eigenvalue weighted by molar-refractivity contribution is -0.113. The molecule has 1 amide bonds. The number of rotatable bonds is 1. The molecule has 1 heterocycles. The zero-order valence-electron chi connectivity index (χ0n) is 4.09. The minimum absolute atomic E-state index is 0.306. The van der Waals surface area contributed by atoms with Crippen molar-refractivity contribution in [3.63, 3.8) is 0 Å². The Bertz CT molecular complexity index is 143. The van der Waals surface area contributed by atoms with E-state index in [1.54, 1.807) is 17.2 Å². The van der Waals surface area contributed by atoms with Gasteiger partial charge in [0.05, 0.1) is 4.91 Å². The maximum atomic E-state index is 10.3. The van der Waals surface area contributed by atoms with Gasteiger partial charge >= 0.3 is 0 Å². The van der Waals surface area contributed by atoms with Gasteiger partial charge in [-0.1, -0.05) is 0 Å². The van der Waals surface area contributed by atoms with Crippen molar-refractivity contribution >= 4 is 29.4 Å². The van der Waals surface area contributed by atoms with Gasteiger partial charge in [0.25, 0.3) is 5.91 Å². The summed E-state index contributed by atoms with van der Waals surface area (Å²) in [6.07, 6.45) is 0. The molecular formula is C4H5NOS2. The van der Waals surface area contributed by atoms with Gasteiger partial charge in [-0.2, -0.15) is 0 Å². The van der Waals surface area contributed by atoms with Crippen LogP contribution < -0.4 is 5.73 Å². The van der Waals surface area contributed by atoms with Gasteiger partial charge in [0.15, 0.2) is 0 Å². The van der Waals surface area contributed by atoms with Gasteiger partial charge in [-0.25, -0.2) is 0 Å². The van der Waals surface area contributed by atoms with Crippen molar-refractivity contribution in [1.82, 2.24) is 0 Å². The summed E-state index contributed by atoms with van der Waals surface area (Å²) in [5.74, 6) is -0.306. The van der Waals surface area contributed by atoms with E-state index in [2.05, 4.69) is 0 Å². The van der Waals surface area contributed by atoms with Crippen molar-refractivity contribution in [2.24, 2.45) is 5.73 Å².